The number of halogens is 4. The van der Waals surface area contributed by atoms with Crippen LogP contribution in [0.2, 0.25) is 0 Å². The summed E-state index contributed by atoms with van der Waals surface area (Å²) in [4.78, 5) is 10.3. The Balaban J connectivity index is 2.00. The first-order chi connectivity index (χ1) is 11.7. The Morgan fingerprint density at radius 1 is 1.16 bits per heavy atom. The molecule has 1 spiro atoms. The van der Waals surface area contributed by atoms with Crippen molar-refractivity contribution in [3.8, 4) is 5.75 Å². The van der Waals surface area contributed by atoms with E-state index in [4.69, 9.17) is 11.5 Å². The highest BCUT2D eigenvalue weighted by molar-refractivity contribution is 9.10. The van der Waals surface area contributed by atoms with E-state index in [1.165, 1.54) is 18.2 Å². The lowest BCUT2D eigenvalue weighted by Crippen LogP contribution is -2.58. The zero-order valence-corrected chi connectivity index (χ0v) is 14.8. The molecule has 0 amide bonds. The SMILES string of the molecule is NC1=NC2(CCCCC2)N(c2ccc(OC(F)(F)F)cc2Br)C(N)=N1. The summed E-state index contributed by atoms with van der Waals surface area (Å²) in [7, 11) is 0. The van der Waals surface area contributed by atoms with Gasteiger partial charge in [0.15, 0.2) is 0 Å². The molecule has 1 saturated carbocycles. The number of aliphatic imine (C=N–C) groups is 2. The lowest BCUT2D eigenvalue weighted by atomic mass is 9.87. The fourth-order valence-corrected chi connectivity index (χ4v) is 3.87. The van der Waals surface area contributed by atoms with Crippen molar-refractivity contribution >= 4 is 33.5 Å². The fourth-order valence-electron chi connectivity index (χ4n) is 3.34. The predicted molar refractivity (Wildman–Crippen MR) is 92.4 cm³/mol. The molecule has 25 heavy (non-hydrogen) atoms. The van der Waals surface area contributed by atoms with Crippen molar-refractivity contribution in [2.45, 2.75) is 44.1 Å². The predicted octanol–water partition coefficient (Wildman–Crippen LogP) is 3.46. The highest BCUT2D eigenvalue weighted by atomic mass is 79.9. The third kappa shape index (κ3) is 3.68. The second-order valence-electron chi connectivity index (χ2n) is 5.98. The molecule has 0 atom stereocenters. The van der Waals surface area contributed by atoms with Gasteiger partial charge in [0.1, 0.15) is 11.4 Å². The van der Waals surface area contributed by atoms with Crippen LogP contribution in [0, 0.1) is 0 Å². The molecule has 6 nitrogen and oxygen atoms in total. The molecule has 3 rings (SSSR count). The maximum atomic E-state index is 12.4. The van der Waals surface area contributed by atoms with Gasteiger partial charge in [-0.15, -0.1) is 13.2 Å². The van der Waals surface area contributed by atoms with Crippen LogP contribution >= 0.6 is 15.9 Å². The number of guanidine groups is 2. The van der Waals surface area contributed by atoms with Gasteiger partial charge in [0, 0.05) is 4.47 Å². The lowest BCUT2D eigenvalue weighted by Gasteiger charge is -2.45. The summed E-state index contributed by atoms with van der Waals surface area (Å²) >= 11 is 3.30. The molecule has 1 fully saturated rings. The number of anilines is 1. The summed E-state index contributed by atoms with van der Waals surface area (Å²) in [5, 5.41) is 0. The molecule has 1 aliphatic carbocycles. The number of rotatable bonds is 2. The van der Waals surface area contributed by atoms with Crippen molar-refractivity contribution in [3.05, 3.63) is 22.7 Å². The Morgan fingerprint density at radius 2 is 1.84 bits per heavy atom. The number of benzene rings is 1. The van der Waals surface area contributed by atoms with Crippen molar-refractivity contribution in [1.82, 2.24) is 0 Å². The standard InChI is InChI=1S/C15H17BrF3N5O/c16-10-8-9(25-15(17,18)19)4-5-11(10)24-13(21)22-12(20)23-14(24)6-2-1-3-7-14/h4-5,8H,1-3,6-7H2,(H4,20,21,22,23). The highest BCUT2D eigenvalue weighted by Gasteiger charge is 2.43. The molecule has 4 N–H and O–H groups in total. The van der Waals surface area contributed by atoms with Gasteiger partial charge >= 0.3 is 6.36 Å². The molecule has 0 saturated heterocycles. The van der Waals surface area contributed by atoms with E-state index in [-0.39, 0.29) is 17.7 Å². The summed E-state index contributed by atoms with van der Waals surface area (Å²) in [5.74, 6) is -0.0419. The number of nitrogens with zero attached hydrogens (tertiary/aromatic N) is 3. The molecular formula is C15H17BrF3N5O. The van der Waals surface area contributed by atoms with Crippen LogP contribution < -0.4 is 21.1 Å². The molecular weight excluding hydrogens is 403 g/mol. The van der Waals surface area contributed by atoms with Crippen LogP contribution in [0.1, 0.15) is 32.1 Å². The third-order valence-electron chi connectivity index (χ3n) is 4.25. The molecule has 1 aliphatic heterocycles. The number of hydrogen-bond donors (Lipinski definition) is 2. The van der Waals surface area contributed by atoms with Crippen LogP contribution in [0.5, 0.6) is 5.75 Å². The number of hydrogen-bond acceptors (Lipinski definition) is 6. The van der Waals surface area contributed by atoms with Gasteiger partial charge in [-0.1, -0.05) is 6.42 Å². The molecule has 10 heteroatoms. The lowest BCUT2D eigenvalue weighted by molar-refractivity contribution is -0.274. The minimum atomic E-state index is -4.75. The van der Waals surface area contributed by atoms with Crippen LogP contribution in [-0.2, 0) is 0 Å². The first-order valence-corrected chi connectivity index (χ1v) is 8.54. The molecule has 0 aromatic heterocycles. The first-order valence-electron chi connectivity index (χ1n) is 7.75. The Labute approximate surface area is 150 Å². The second kappa shape index (κ2) is 6.40. The normalized spacial score (nSPS) is 20.2. The number of ether oxygens (including phenoxy) is 1. The molecule has 1 heterocycles. The number of alkyl halides is 3. The Bertz CT molecular complexity index is 728. The topological polar surface area (TPSA) is 89.2 Å². The van der Waals surface area contributed by atoms with Gasteiger partial charge in [0.05, 0.1) is 5.69 Å². The van der Waals surface area contributed by atoms with Gasteiger partial charge in [-0.2, -0.15) is 4.99 Å². The van der Waals surface area contributed by atoms with Gasteiger partial charge in [0.25, 0.3) is 0 Å². The zero-order chi connectivity index (χ0) is 18.2. The zero-order valence-electron chi connectivity index (χ0n) is 13.2. The first kappa shape index (κ1) is 17.8. The van der Waals surface area contributed by atoms with Gasteiger partial charge < -0.3 is 16.2 Å². The third-order valence-corrected chi connectivity index (χ3v) is 4.88. The maximum Gasteiger partial charge on any atom is 0.573 e. The largest absolute Gasteiger partial charge is 0.573 e. The average Bonchev–Trinajstić information content (AvgIpc) is 2.48. The van der Waals surface area contributed by atoms with Gasteiger partial charge in [0.2, 0.25) is 11.9 Å². The van der Waals surface area contributed by atoms with E-state index in [0.29, 0.717) is 10.2 Å². The average molecular weight is 420 g/mol. The summed E-state index contributed by atoms with van der Waals surface area (Å²) < 4.78 is 41.5. The van der Waals surface area contributed by atoms with E-state index in [9.17, 15) is 13.2 Å². The van der Waals surface area contributed by atoms with Crippen molar-refractivity contribution in [3.63, 3.8) is 0 Å². The van der Waals surface area contributed by atoms with Crippen molar-refractivity contribution in [2.75, 3.05) is 4.90 Å². The molecule has 1 aromatic rings. The van der Waals surface area contributed by atoms with E-state index in [2.05, 4.69) is 30.7 Å². The van der Waals surface area contributed by atoms with Crippen LogP contribution in [0.3, 0.4) is 0 Å². The monoisotopic (exact) mass is 419 g/mol. The molecule has 0 radical (unpaired) electrons. The van der Waals surface area contributed by atoms with Gasteiger partial charge in [-0.3, -0.25) is 4.90 Å². The van der Waals surface area contributed by atoms with Crippen molar-refractivity contribution in [1.29, 1.82) is 0 Å². The maximum absolute atomic E-state index is 12.4. The quantitative estimate of drug-likeness (QED) is 0.767. The minimum absolute atomic E-state index is 0.115. The summed E-state index contributed by atoms with van der Waals surface area (Å²) in [6.07, 6.45) is -0.299. The van der Waals surface area contributed by atoms with Gasteiger partial charge in [-0.25, -0.2) is 4.99 Å². The summed E-state index contributed by atoms with van der Waals surface area (Å²) in [6, 6.07) is 3.98. The van der Waals surface area contributed by atoms with Crippen LogP contribution in [0.15, 0.2) is 32.7 Å². The Hall–Kier alpha value is -1.97. The van der Waals surface area contributed by atoms with E-state index in [1.54, 1.807) is 4.90 Å². The van der Waals surface area contributed by atoms with Crippen molar-refractivity contribution in [2.24, 2.45) is 21.5 Å². The van der Waals surface area contributed by atoms with Gasteiger partial charge in [-0.05, 0) is 59.8 Å². The van der Waals surface area contributed by atoms with Crippen LogP contribution in [-0.4, -0.2) is 23.9 Å². The molecule has 1 aromatic carbocycles. The second-order valence-corrected chi connectivity index (χ2v) is 6.83. The fraction of sp³-hybridized carbons (Fsp3) is 0.467. The van der Waals surface area contributed by atoms with Crippen LogP contribution in [0.25, 0.3) is 0 Å². The molecule has 136 valence electrons. The highest BCUT2D eigenvalue weighted by Crippen LogP contribution is 2.42. The van der Waals surface area contributed by atoms with E-state index in [1.807, 2.05) is 0 Å². The molecule has 0 bridgehead atoms. The van der Waals surface area contributed by atoms with Crippen molar-refractivity contribution < 1.29 is 17.9 Å². The molecule has 0 unspecified atom stereocenters. The Morgan fingerprint density at radius 3 is 2.44 bits per heavy atom. The van der Waals surface area contributed by atoms with E-state index in [0.717, 1.165) is 32.1 Å². The molecule has 2 aliphatic rings. The number of nitrogens with two attached hydrogens (primary N) is 2. The summed E-state index contributed by atoms with van der Waals surface area (Å²) in [5.41, 5.74) is 11.8. The van der Waals surface area contributed by atoms with Crippen LogP contribution in [0.4, 0.5) is 18.9 Å². The van der Waals surface area contributed by atoms with E-state index >= 15 is 0 Å². The Kier molecular flexibility index (Phi) is 4.56. The summed E-state index contributed by atoms with van der Waals surface area (Å²) in [6.45, 7) is 0. The minimum Gasteiger partial charge on any atom is -0.406 e. The van der Waals surface area contributed by atoms with E-state index < -0.39 is 12.0 Å². The smallest absolute Gasteiger partial charge is 0.406 e.